The van der Waals surface area contributed by atoms with E-state index in [0.29, 0.717) is 93.3 Å². The fourth-order valence-electron chi connectivity index (χ4n) is 11.6. The number of amides is 4. The largest absolute Gasteiger partial charge is 0.381 e. The van der Waals surface area contributed by atoms with E-state index in [0.717, 1.165) is 36.3 Å². The number of Topliss-reactive ketones (excluding diaryl/α,β-unsaturated/α-hetero) is 1. The molecule has 0 spiro atoms. The molecule has 0 bridgehead atoms. The van der Waals surface area contributed by atoms with Crippen molar-refractivity contribution in [3.05, 3.63) is 124 Å². The monoisotopic (exact) mass is 1070 g/mol. The van der Waals surface area contributed by atoms with E-state index in [-0.39, 0.29) is 85.9 Å². The van der Waals surface area contributed by atoms with E-state index in [9.17, 15) is 18.8 Å². The van der Waals surface area contributed by atoms with Crippen molar-refractivity contribution in [2.75, 3.05) is 81.2 Å². The van der Waals surface area contributed by atoms with Crippen LogP contribution in [0.25, 0.3) is 0 Å². The Labute approximate surface area is 449 Å². The van der Waals surface area contributed by atoms with E-state index < -0.39 is 52.4 Å². The van der Waals surface area contributed by atoms with Crippen molar-refractivity contribution in [2.45, 2.75) is 103 Å². The first-order valence-electron chi connectivity index (χ1n) is 26.6. The molecule has 0 saturated carbocycles. The van der Waals surface area contributed by atoms with Gasteiger partial charge < -0.3 is 35.2 Å². The number of para-hydroxylation sites is 1. The van der Waals surface area contributed by atoms with Gasteiger partial charge in [-0.05, 0) is 123 Å². The number of hydrogen-bond acceptors (Lipinski definition) is 10. The SMILES string of the molecule is CC[C@@H](C)C(=O)C[C@H](C(=O)N1Cc2ccc(NC(=O)[C@@]3(C)CN(C(=O)CN4C[C@@H](C)NC[C@@H]4CN4CCOC[C@H]4C)c4cc(Cc5ccc(F)cc5)ccc43)cc2[C@H]1C(=O)Nc1c(F)cccc1F)C1CCOCC1.Cl. The summed E-state index contributed by atoms with van der Waals surface area (Å²) in [5.41, 5.74) is 2.27. The average Bonchev–Trinajstić information content (AvgIpc) is 3.97. The Hall–Kier alpha value is -5.69. The number of nitrogens with zero attached hydrogens (tertiary/aromatic N) is 4. The van der Waals surface area contributed by atoms with Crippen molar-refractivity contribution < 1.29 is 46.6 Å². The van der Waals surface area contributed by atoms with Gasteiger partial charge >= 0.3 is 0 Å². The second kappa shape index (κ2) is 24.3. The maximum absolute atomic E-state index is 15.2. The van der Waals surface area contributed by atoms with E-state index in [1.54, 1.807) is 42.2 Å². The molecular weight excluding hydrogens is 999 g/mol. The Bertz CT molecular complexity index is 2760. The zero-order chi connectivity index (χ0) is 53.1. The minimum absolute atomic E-state index is 0. The lowest BCUT2D eigenvalue weighted by Gasteiger charge is -2.43. The van der Waals surface area contributed by atoms with Crippen molar-refractivity contribution >= 4 is 58.9 Å². The highest BCUT2D eigenvalue weighted by Gasteiger charge is 2.49. The molecule has 0 aromatic heterocycles. The van der Waals surface area contributed by atoms with Crippen LogP contribution in [-0.2, 0) is 51.8 Å². The maximum Gasteiger partial charge on any atom is 0.252 e. The van der Waals surface area contributed by atoms with Crippen LogP contribution in [0.2, 0.25) is 0 Å². The molecule has 0 aliphatic carbocycles. The number of halogens is 4. The Kier molecular flexibility index (Phi) is 18.1. The van der Waals surface area contributed by atoms with Crippen molar-refractivity contribution in [2.24, 2.45) is 17.8 Å². The predicted molar refractivity (Wildman–Crippen MR) is 287 cm³/mol. The van der Waals surface area contributed by atoms with Crippen molar-refractivity contribution in [3.8, 4) is 0 Å². The zero-order valence-corrected chi connectivity index (χ0v) is 44.9. The second-order valence-electron chi connectivity index (χ2n) is 21.6. The number of rotatable bonds is 16. The Morgan fingerprint density at radius 3 is 2.30 bits per heavy atom. The maximum atomic E-state index is 15.2. The molecule has 4 aromatic carbocycles. The molecular formula is C58H71ClF3N7O7. The van der Waals surface area contributed by atoms with Gasteiger partial charge in [0.2, 0.25) is 17.7 Å². The highest BCUT2D eigenvalue weighted by molar-refractivity contribution is 6.07. The number of nitrogens with one attached hydrogen (secondary N) is 3. The van der Waals surface area contributed by atoms with Gasteiger partial charge in [-0.15, -0.1) is 12.4 Å². The first kappa shape index (κ1) is 56.5. The minimum atomic E-state index is -1.39. The van der Waals surface area contributed by atoms with Gasteiger partial charge in [0, 0.05) is 100 Å². The molecule has 5 aliphatic rings. The number of carbonyl (C=O) groups is 5. The van der Waals surface area contributed by atoms with Crippen LogP contribution in [0, 0.1) is 35.2 Å². The topological polar surface area (TPSA) is 153 Å². The molecule has 18 heteroatoms. The molecule has 9 rings (SSSR count). The van der Waals surface area contributed by atoms with Gasteiger partial charge in [0.1, 0.15) is 35.0 Å². The number of ketones is 1. The molecule has 4 amide bonds. The first-order valence-corrected chi connectivity index (χ1v) is 26.6. The van der Waals surface area contributed by atoms with Gasteiger partial charge in [-0.25, -0.2) is 13.2 Å². The molecule has 5 aliphatic heterocycles. The highest BCUT2D eigenvalue weighted by Crippen LogP contribution is 2.44. The smallest absolute Gasteiger partial charge is 0.252 e. The summed E-state index contributed by atoms with van der Waals surface area (Å²) >= 11 is 0. The molecule has 5 heterocycles. The average molecular weight is 1070 g/mol. The molecule has 3 N–H and O–H groups in total. The number of ether oxygens (including phenoxy) is 2. The lowest BCUT2D eigenvalue weighted by molar-refractivity contribution is -0.147. The van der Waals surface area contributed by atoms with E-state index in [1.807, 2.05) is 32.0 Å². The van der Waals surface area contributed by atoms with Gasteiger partial charge in [-0.2, -0.15) is 0 Å². The molecule has 3 fully saturated rings. The molecule has 76 heavy (non-hydrogen) atoms. The summed E-state index contributed by atoms with van der Waals surface area (Å²) < 4.78 is 55.6. The lowest BCUT2D eigenvalue weighted by atomic mass is 9.80. The van der Waals surface area contributed by atoms with Gasteiger partial charge in [-0.1, -0.05) is 50.2 Å². The van der Waals surface area contributed by atoms with Gasteiger partial charge in [0.25, 0.3) is 5.91 Å². The normalized spacial score (nSPS) is 23.7. The Morgan fingerprint density at radius 1 is 0.868 bits per heavy atom. The number of anilines is 3. The molecule has 408 valence electrons. The summed E-state index contributed by atoms with van der Waals surface area (Å²) in [4.78, 5) is 80.9. The number of hydrogen-bond donors (Lipinski definition) is 3. The van der Waals surface area contributed by atoms with Gasteiger partial charge in [-0.3, -0.25) is 33.8 Å². The third-order valence-electron chi connectivity index (χ3n) is 16.4. The Balaban J connectivity index is 0.00000765. The van der Waals surface area contributed by atoms with Crippen LogP contribution >= 0.6 is 12.4 Å². The van der Waals surface area contributed by atoms with Gasteiger partial charge in [0.15, 0.2) is 0 Å². The number of carbonyl (C=O) groups excluding carboxylic acids is 5. The predicted octanol–water partition coefficient (Wildman–Crippen LogP) is 7.81. The van der Waals surface area contributed by atoms with Crippen LogP contribution in [0.15, 0.2) is 78.9 Å². The second-order valence-corrected chi connectivity index (χ2v) is 21.6. The molecule has 7 atom stereocenters. The molecule has 3 saturated heterocycles. The number of piperazine rings is 1. The quantitative estimate of drug-likeness (QED) is 0.101. The summed E-state index contributed by atoms with van der Waals surface area (Å²) in [6.45, 7) is 15.0. The van der Waals surface area contributed by atoms with Crippen molar-refractivity contribution in [1.29, 1.82) is 0 Å². The summed E-state index contributed by atoms with van der Waals surface area (Å²) in [5, 5.41) is 9.11. The van der Waals surface area contributed by atoms with E-state index in [2.05, 4.69) is 39.6 Å². The van der Waals surface area contributed by atoms with E-state index in [4.69, 9.17) is 9.47 Å². The molecule has 0 radical (unpaired) electrons. The zero-order valence-electron chi connectivity index (χ0n) is 44.0. The summed E-state index contributed by atoms with van der Waals surface area (Å²) in [7, 11) is 0. The van der Waals surface area contributed by atoms with Gasteiger partial charge in [0.05, 0.1) is 25.2 Å². The highest BCUT2D eigenvalue weighted by atomic mass is 35.5. The van der Waals surface area contributed by atoms with E-state index >= 15 is 18.4 Å². The fourth-order valence-corrected chi connectivity index (χ4v) is 11.6. The van der Waals surface area contributed by atoms with Crippen LogP contribution < -0.4 is 20.9 Å². The molecule has 14 nitrogen and oxygen atoms in total. The fraction of sp³-hybridized carbons (Fsp3) is 0.500. The standard InChI is InChI=1S/C58H70F3N7O7.ClH/c1-6-35(2)51(69)27-46(40-18-21-74-22-19-40)56(72)67-30-41-13-16-43(26-45(41)54(67)55(71)64-53-48(60)8-7-9-49(53)61)63-57(73)58(5)34-68(50-25-39(12-17-47(50)58)24-38-10-14-42(59)15-11-38)52(70)32-66-29-36(3)62-28-44(66)31-65-20-23-75-33-37(65)4;/h7-17,25-26,35-37,40,44,46,54,62H,6,18-24,27-34H2,1-5H3,(H,63,73)(H,64,71);1H/t35-,36-,37-,44-,46+,54+,58+;/m1./s1. The van der Waals surface area contributed by atoms with Crippen LogP contribution in [0.3, 0.4) is 0 Å². The van der Waals surface area contributed by atoms with Crippen LogP contribution in [-0.4, -0.2) is 128 Å². The first-order chi connectivity index (χ1) is 36.0. The number of morpholine rings is 1. The number of fused-ring (bicyclic) bond motifs is 2. The lowest BCUT2D eigenvalue weighted by Crippen LogP contribution is -2.62. The van der Waals surface area contributed by atoms with Crippen LogP contribution in [0.4, 0.5) is 30.2 Å². The third-order valence-corrected chi connectivity index (χ3v) is 16.4. The Morgan fingerprint density at radius 2 is 1.59 bits per heavy atom. The summed E-state index contributed by atoms with van der Waals surface area (Å²) in [5.74, 6) is -5.54. The third kappa shape index (κ3) is 12.2. The van der Waals surface area contributed by atoms with Crippen LogP contribution in [0.5, 0.6) is 0 Å². The molecule has 0 unspecified atom stereocenters. The van der Waals surface area contributed by atoms with Crippen LogP contribution in [0.1, 0.15) is 94.2 Å². The summed E-state index contributed by atoms with van der Waals surface area (Å²) in [6.07, 6.45) is 2.12. The number of benzene rings is 4. The van der Waals surface area contributed by atoms with E-state index in [1.165, 1.54) is 23.1 Å². The molecule has 4 aromatic rings. The minimum Gasteiger partial charge on any atom is -0.381 e. The summed E-state index contributed by atoms with van der Waals surface area (Å²) in [6, 6.07) is 19.3. The van der Waals surface area contributed by atoms with Crippen molar-refractivity contribution in [3.63, 3.8) is 0 Å². The van der Waals surface area contributed by atoms with Crippen molar-refractivity contribution in [1.82, 2.24) is 20.0 Å².